The van der Waals surface area contributed by atoms with Gasteiger partial charge in [0.1, 0.15) is 17.2 Å². The van der Waals surface area contributed by atoms with Crippen LogP contribution in [0.2, 0.25) is 5.02 Å². The second-order valence-electron chi connectivity index (χ2n) is 11.1. The number of para-hydroxylation sites is 1. The van der Waals surface area contributed by atoms with Gasteiger partial charge < -0.3 is 14.5 Å². The average molecular weight is 688 g/mol. The highest BCUT2D eigenvalue weighted by Crippen LogP contribution is 2.31. The SMILES string of the molecule is Cc1cc(F)ccc1-c1nc(Nc2ccccc2Cl)c2ncn(C)c2n1.Cc1cc(F)ccc1-c1nc(S(C)(=O)=O)c2ncn(C)c2n1. The van der Waals surface area contributed by atoms with Gasteiger partial charge in [0.25, 0.3) is 0 Å². The third-order valence-corrected chi connectivity index (χ3v) is 8.74. The van der Waals surface area contributed by atoms with E-state index < -0.39 is 9.84 Å². The summed E-state index contributed by atoms with van der Waals surface area (Å²) in [5, 5.41) is 3.69. The van der Waals surface area contributed by atoms with Crippen LogP contribution in [0, 0.1) is 25.5 Å². The zero-order valence-electron chi connectivity index (χ0n) is 26.4. The Morgan fingerprint density at radius 2 is 1.25 bits per heavy atom. The number of anilines is 2. The fourth-order valence-corrected chi connectivity index (χ4v) is 5.95. The van der Waals surface area contributed by atoms with Crippen molar-refractivity contribution >= 4 is 55.3 Å². The molecule has 244 valence electrons. The fourth-order valence-electron chi connectivity index (χ4n) is 5.02. The number of benzene rings is 3. The van der Waals surface area contributed by atoms with Gasteiger partial charge in [0.05, 0.1) is 23.4 Å². The molecule has 0 bridgehead atoms. The number of imidazole rings is 2. The lowest BCUT2D eigenvalue weighted by Gasteiger charge is -2.11. The normalized spacial score (nSPS) is 11.5. The van der Waals surface area contributed by atoms with Crippen LogP contribution in [0.4, 0.5) is 20.3 Å². The van der Waals surface area contributed by atoms with Crippen molar-refractivity contribution in [2.24, 2.45) is 14.1 Å². The van der Waals surface area contributed by atoms with E-state index in [2.05, 4.69) is 35.2 Å². The minimum Gasteiger partial charge on any atom is -0.337 e. The van der Waals surface area contributed by atoms with E-state index in [-0.39, 0.29) is 28.0 Å². The Kier molecular flexibility index (Phi) is 8.62. The van der Waals surface area contributed by atoms with E-state index in [9.17, 15) is 17.2 Å². The molecular formula is C33H28ClF2N9O2S. The molecule has 4 heterocycles. The predicted octanol–water partition coefficient (Wildman–Crippen LogP) is 6.76. The first-order valence-electron chi connectivity index (χ1n) is 14.4. The van der Waals surface area contributed by atoms with Crippen molar-refractivity contribution in [3.63, 3.8) is 0 Å². The lowest BCUT2D eigenvalue weighted by atomic mass is 10.1. The Hall–Kier alpha value is -5.34. The van der Waals surface area contributed by atoms with E-state index in [1.54, 1.807) is 37.0 Å². The second-order valence-corrected chi connectivity index (χ2v) is 13.4. The van der Waals surface area contributed by atoms with Gasteiger partial charge in [-0.25, -0.2) is 47.1 Å². The van der Waals surface area contributed by atoms with Crippen molar-refractivity contribution in [2.75, 3.05) is 11.6 Å². The molecule has 48 heavy (non-hydrogen) atoms. The Balaban J connectivity index is 0.000000170. The van der Waals surface area contributed by atoms with Crippen LogP contribution in [0.5, 0.6) is 0 Å². The van der Waals surface area contributed by atoms with Crippen molar-refractivity contribution in [3.05, 3.63) is 101 Å². The molecule has 0 aliphatic rings. The van der Waals surface area contributed by atoms with Gasteiger partial charge >= 0.3 is 0 Å². The van der Waals surface area contributed by atoms with Crippen LogP contribution in [0.25, 0.3) is 45.1 Å². The fraction of sp³-hybridized carbons (Fsp3) is 0.152. The Morgan fingerprint density at radius 3 is 1.79 bits per heavy atom. The zero-order chi connectivity index (χ0) is 34.3. The maximum Gasteiger partial charge on any atom is 0.195 e. The highest BCUT2D eigenvalue weighted by molar-refractivity contribution is 7.90. The molecule has 7 rings (SSSR count). The van der Waals surface area contributed by atoms with Gasteiger partial charge in [-0.05, 0) is 73.5 Å². The number of sulfone groups is 1. The number of aryl methyl sites for hydroxylation is 4. The first-order valence-corrected chi connectivity index (χ1v) is 16.7. The molecule has 7 aromatic rings. The number of rotatable bonds is 5. The van der Waals surface area contributed by atoms with E-state index in [1.807, 2.05) is 36.7 Å². The largest absolute Gasteiger partial charge is 0.337 e. The smallest absolute Gasteiger partial charge is 0.195 e. The third kappa shape index (κ3) is 6.44. The van der Waals surface area contributed by atoms with Crippen LogP contribution in [0.3, 0.4) is 0 Å². The summed E-state index contributed by atoms with van der Waals surface area (Å²) in [7, 11) is 0.0133. The molecule has 11 nitrogen and oxygen atoms in total. The van der Waals surface area contributed by atoms with Crippen LogP contribution in [-0.4, -0.2) is 53.7 Å². The summed E-state index contributed by atoms with van der Waals surface area (Å²) in [5.41, 5.74) is 5.40. The molecule has 3 aromatic carbocycles. The van der Waals surface area contributed by atoms with Crippen LogP contribution in [-0.2, 0) is 23.9 Å². The number of nitrogens with zero attached hydrogens (tertiary/aromatic N) is 8. The highest BCUT2D eigenvalue weighted by atomic mass is 35.5. The van der Waals surface area contributed by atoms with Gasteiger partial charge in [0, 0.05) is 31.5 Å². The molecule has 4 aromatic heterocycles. The van der Waals surface area contributed by atoms with Crippen molar-refractivity contribution in [1.29, 1.82) is 0 Å². The van der Waals surface area contributed by atoms with Gasteiger partial charge in [0.15, 0.2) is 49.1 Å². The summed E-state index contributed by atoms with van der Waals surface area (Å²) in [4.78, 5) is 26.2. The highest BCUT2D eigenvalue weighted by Gasteiger charge is 2.21. The zero-order valence-corrected chi connectivity index (χ0v) is 27.9. The molecule has 0 radical (unpaired) electrons. The van der Waals surface area contributed by atoms with Gasteiger partial charge in [-0.2, -0.15) is 0 Å². The molecular weight excluding hydrogens is 660 g/mol. The van der Waals surface area contributed by atoms with Gasteiger partial charge in [-0.1, -0.05) is 23.7 Å². The Bertz CT molecular complexity index is 2460. The minimum absolute atomic E-state index is 0.128. The van der Waals surface area contributed by atoms with Gasteiger partial charge in [-0.15, -0.1) is 0 Å². The summed E-state index contributed by atoms with van der Waals surface area (Å²) in [6, 6.07) is 16.1. The summed E-state index contributed by atoms with van der Waals surface area (Å²) >= 11 is 6.26. The summed E-state index contributed by atoms with van der Waals surface area (Å²) in [6.07, 6.45) is 4.23. The lowest BCUT2D eigenvalue weighted by molar-refractivity contribution is 0.599. The maximum atomic E-state index is 13.5. The predicted molar refractivity (Wildman–Crippen MR) is 181 cm³/mol. The average Bonchev–Trinajstić information content (AvgIpc) is 3.59. The van der Waals surface area contributed by atoms with Crippen molar-refractivity contribution in [2.45, 2.75) is 18.9 Å². The van der Waals surface area contributed by atoms with E-state index in [4.69, 9.17) is 11.6 Å². The molecule has 0 unspecified atom stereocenters. The van der Waals surface area contributed by atoms with Crippen molar-refractivity contribution in [1.82, 2.24) is 39.0 Å². The van der Waals surface area contributed by atoms with Crippen LogP contribution in [0.15, 0.2) is 78.3 Å². The molecule has 0 amide bonds. The minimum atomic E-state index is -3.57. The van der Waals surface area contributed by atoms with E-state index >= 15 is 0 Å². The van der Waals surface area contributed by atoms with E-state index in [0.717, 1.165) is 23.1 Å². The first kappa shape index (κ1) is 32.6. The number of nitrogens with one attached hydrogen (secondary N) is 1. The Labute approximate surface area is 279 Å². The number of halogens is 3. The van der Waals surface area contributed by atoms with E-state index in [1.165, 1.54) is 36.7 Å². The lowest BCUT2D eigenvalue weighted by Crippen LogP contribution is -2.06. The monoisotopic (exact) mass is 687 g/mol. The maximum absolute atomic E-state index is 13.5. The molecule has 1 N–H and O–H groups in total. The van der Waals surface area contributed by atoms with Crippen LogP contribution >= 0.6 is 11.6 Å². The topological polar surface area (TPSA) is 133 Å². The standard InChI is InChI=1S/C19H15ClFN5.C14H13FN4O2S/c1-11-9-12(21)7-8-13(11)17-24-18(16-19(25-17)26(2)10-22-16)23-15-6-4-3-5-14(15)20;1-8-6-9(15)4-5-10(8)12-17-13-11(16-7-19(13)2)14(18-12)22(3,20)21/h3-10H,1-2H3,(H,23,24,25);4-7H,1-3H3. The van der Waals surface area contributed by atoms with Crippen molar-refractivity contribution in [3.8, 4) is 22.8 Å². The summed E-state index contributed by atoms with van der Waals surface area (Å²) in [6.45, 7) is 3.55. The van der Waals surface area contributed by atoms with Gasteiger partial charge in [-0.3, -0.25) is 0 Å². The first-order chi connectivity index (χ1) is 22.8. The molecule has 0 fully saturated rings. The van der Waals surface area contributed by atoms with Crippen molar-refractivity contribution < 1.29 is 17.2 Å². The number of hydrogen-bond donors (Lipinski definition) is 1. The molecule has 0 spiro atoms. The van der Waals surface area contributed by atoms with Crippen LogP contribution in [0.1, 0.15) is 11.1 Å². The molecule has 0 aliphatic carbocycles. The molecule has 15 heteroatoms. The number of hydrogen-bond acceptors (Lipinski definition) is 9. The molecule has 0 atom stereocenters. The van der Waals surface area contributed by atoms with Gasteiger partial charge in [0.2, 0.25) is 0 Å². The molecule has 0 aliphatic heterocycles. The molecule has 0 saturated carbocycles. The van der Waals surface area contributed by atoms with Crippen LogP contribution < -0.4 is 5.32 Å². The third-order valence-electron chi connectivity index (χ3n) is 7.42. The Morgan fingerprint density at radius 1 is 0.729 bits per heavy atom. The summed E-state index contributed by atoms with van der Waals surface area (Å²) in [5.74, 6) is 0.609. The second kappa shape index (κ2) is 12.7. The number of fused-ring (bicyclic) bond motifs is 2. The number of aromatic nitrogens is 8. The molecule has 0 saturated heterocycles. The summed E-state index contributed by atoms with van der Waals surface area (Å²) < 4.78 is 54.1. The van der Waals surface area contributed by atoms with E-state index in [0.29, 0.717) is 44.6 Å². The quantitative estimate of drug-likeness (QED) is 0.195.